The molecule has 0 bridgehead atoms. The zero-order valence-corrected chi connectivity index (χ0v) is 10.3. The maximum atomic E-state index is 11.9. The molecule has 0 atom stereocenters. The molecule has 0 fully saturated rings. The van der Waals surface area contributed by atoms with E-state index in [1.165, 1.54) is 13.3 Å². The predicted octanol–water partition coefficient (Wildman–Crippen LogP) is 0.445. The largest absolute Gasteiger partial charge is 0.469 e. The van der Waals surface area contributed by atoms with E-state index in [1.807, 2.05) is 0 Å². The number of ether oxygens (including phenoxy) is 1. The van der Waals surface area contributed by atoms with Gasteiger partial charge in [0.15, 0.2) is 0 Å². The Kier molecular flexibility index (Phi) is 4.68. The van der Waals surface area contributed by atoms with E-state index in [4.69, 9.17) is 0 Å². The Morgan fingerprint density at radius 1 is 1.53 bits per heavy atom. The molecule has 0 unspecified atom stereocenters. The summed E-state index contributed by atoms with van der Waals surface area (Å²) in [5.74, 6) is -0.360. The molecule has 0 saturated carbocycles. The minimum absolute atomic E-state index is 0.102. The number of hydrogen-bond acceptors (Lipinski definition) is 4. The maximum Gasteiger partial charge on any atom is 0.305 e. The van der Waals surface area contributed by atoms with Crippen molar-refractivity contribution in [3.8, 4) is 0 Å². The Bertz CT molecular complexity index is 400. The normalized spacial score (nSPS) is 10.1. The lowest BCUT2D eigenvalue weighted by molar-refractivity contribution is -0.140. The standard InChI is InChI=1S/C11H17N3O3/c1-13(6-4-5-10(15)17-3)11(16)9-7-12-8-14(9)2/h7-8H,4-6H2,1-3H3. The molecule has 0 radical (unpaired) electrons. The Hall–Kier alpha value is -1.85. The Balaban J connectivity index is 2.43. The van der Waals surface area contributed by atoms with Crippen LogP contribution in [0.3, 0.4) is 0 Å². The zero-order chi connectivity index (χ0) is 12.8. The molecule has 0 saturated heterocycles. The van der Waals surface area contributed by atoms with Crippen LogP contribution in [-0.4, -0.2) is 47.0 Å². The van der Waals surface area contributed by atoms with Gasteiger partial charge in [-0.3, -0.25) is 9.59 Å². The number of aromatic nitrogens is 2. The summed E-state index contributed by atoms with van der Waals surface area (Å²) in [4.78, 5) is 28.3. The van der Waals surface area contributed by atoms with Crippen molar-refractivity contribution in [2.45, 2.75) is 12.8 Å². The van der Waals surface area contributed by atoms with Crippen molar-refractivity contribution in [1.29, 1.82) is 0 Å². The molecule has 0 spiro atoms. The summed E-state index contributed by atoms with van der Waals surface area (Å²) in [6, 6.07) is 0. The third-order valence-electron chi connectivity index (χ3n) is 2.48. The van der Waals surface area contributed by atoms with Gasteiger partial charge in [-0.2, -0.15) is 0 Å². The summed E-state index contributed by atoms with van der Waals surface area (Å²) in [5, 5.41) is 0. The van der Waals surface area contributed by atoms with Gasteiger partial charge < -0.3 is 14.2 Å². The topological polar surface area (TPSA) is 64.4 Å². The summed E-state index contributed by atoms with van der Waals surface area (Å²) in [6.07, 6.45) is 4.01. The van der Waals surface area contributed by atoms with E-state index in [9.17, 15) is 9.59 Å². The summed E-state index contributed by atoms with van der Waals surface area (Å²) in [6.45, 7) is 0.513. The summed E-state index contributed by atoms with van der Waals surface area (Å²) >= 11 is 0. The SMILES string of the molecule is COC(=O)CCCN(C)C(=O)c1cncn1C. The van der Waals surface area contributed by atoms with Crippen molar-refractivity contribution in [3.05, 3.63) is 18.2 Å². The molecule has 6 nitrogen and oxygen atoms in total. The van der Waals surface area contributed by atoms with Gasteiger partial charge in [0.25, 0.3) is 5.91 Å². The fourth-order valence-corrected chi connectivity index (χ4v) is 1.42. The first-order valence-corrected chi connectivity index (χ1v) is 5.35. The number of aryl methyl sites for hydroxylation is 1. The van der Waals surface area contributed by atoms with Crippen LogP contribution in [-0.2, 0) is 16.6 Å². The number of carbonyl (C=O) groups excluding carboxylic acids is 2. The van der Waals surface area contributed by atoms with Crippen LogP contribution in [0.25, 0.3) is 0 Å². The van der Waals surface area contributed by atoms with Crippen LogP contribution < -0.4 is 0 Å². The van der Waals surface area contributed by atoms with E-state index >= 15 is 0 Å². The lowest BCUT2D eigenvalue weighted by Gasteiger charge is -2.16. The molecule has 1 aromatic rings. The molecule has 6 heteroatoms. The highest BCUT2D eigenvalue weighted by Crippen LogP contribution is 2.03. The molecular weight excluding hydrogens is 222 g/mol. The summed E-state index contributed by atoms with van der Waals surface area (Å²) in [5.41, 5.74) is 0.533. The van der Waals surface area contributed by atoms with Crippen LogP contribution in [0.15, 0.2) is 12.5 Å². The van der Waals surface area contributed by atoms with Crippen LogP contribution in [0.1, 0.15) is 23.3 Å². The first kappa shape index (κ1) is 13.2. The molecule has 0 N–H and O–H groups in total. The lowest BCUT2D eigenvalue weighted by atomic mass is 10.3. The first-order valence-electron chi connectivity index (χ1n) is 5.35. The fraction of sp³-hybridized carbons (Fsp3) is 0.545. The van der Waals surface area contributed by atoms with Crippen LogP contribution in [0, 0.1) is 0 Å². The van der Waals surface area contributed by atoms with E-state index in [-0.39, 0.29) is 11.9 Å². The molecule has 17 heavy (non-hydrogen) atoms. The minimum atomic E-state index is -0.258. The molecule has 0 aliphatic rings. The quantitative estimate of drug-likeness (QED) is 0.700. The van der Waals surface area contributed by atoms with Crippen LogP contribution in [0.4, 0.5) is 0 Å². The van der Waals surface area contributed by atoms with Gasteiger partial charge in [-0.15, -0.1) is 0 Å². The average Bonchev–Trinajstić information content (AvgIpc) is 2.74. The third kappa shape index (κ3) is 3.58. The average molecular weight is 239 g/mol. The molecule has 1 amide bonds. The molecule has 1 aromatic heterocycles. The Morgan fingerprint density at radius 3 is 2.76 bits per heavy atom. The van der Waals surface area contributed by atoms with Crippen molar-refractivity contribution in [2.75, 3.05) is 20.7 Å². The van der Waals surface area contributed by atoms with Crippen molar-refractivity contribution >= 4 is 11.9 Å². The third-order valence-corrected chi connectivity index (χ3v) is 2.48. The van der Waals surface area contributed by atoms with Gasteiger partial charge in [0.1, 0.15) is 5.69 Å². The Morgan fingerprint density at radius 2 is 2.24 bits per heavy atom. The highest BCUT2D eigenvalue weighted by atomic mass is 16.5. The number of carbonyl (C=O) groups is 2. The van der Waals surface area contributed by atoms with Crippen LogP contribution in [0.2, 0.25) is 0 Å². The molecule has 1 rings (SSSR count). The minimum Gasteiger partial charge on any atom is -0.469 e. The second kappa shape index (κ2) is 6.03. The molecule has 1 heterocycles. The smallest absolute Gasteiger partial charge is 0.305 e. The second-order valence-electron chi connectivity index (χ2n) is 3.80. The van der Waals surface area contributed by atoms with Crippen molar-refractivity contribution in [2.24, 2.45) is 7.05 Å². The number of amides is 1. The van der Waals surface area contributed by atoms with Gasteiger partial charge in [-0.05, 0) is 6.42 Å². The van der Waals surface area contributed by atoms with E-state index in [0.29, 0.717) is 25.1 Å². The Labute approximate surface area is 100 Å². The predicted molar refractivity (Wildman–Crippen MR) is 61.4 cm³/mol. The van der Waals surface area contributed by atoms with Gasteiger partial charge in [0.2, 0.25) is 0 Å². The number of rotatable bonds is 5. The van der Waals surface area contributed by atoms with Crippen molar-refractivity contribution in [3.63, 3.8) is 0 Å². The number of hydrogen-bond donors (Lipinski definition) is 0. The van der Waals surface area contributed by atoms with E-state index < -0.39 is 0 Å². The highest BCUT2D eigenvalue weighted by Gasteiger charge is 2.14. The van der Waals surface area contributed by atoms with Gasteiger partial charge in [0, 0.05) is 27.1 Å². The van der Waals surface area contributed by atoms with E-state index in [2.05, 4.69) is 9.72 Å². The summed E-state index contributed by atoms with van der Waals surface area (Å²) < 4.78 is 6.19. The van der Waals surface area contributed by atoms with Crippen LogP contribution >= 0.6 is 0 Å². The highest BCUT2D eigenvalue weighted by molar-refractivity contribution is 5.92. The van der Waals surface area contributed by atoms with E-state index in [0.717, 1.165) is 0 Å². The molecule has 0 aliphatic carbocycles. The molecule has 94 valence electrons. The van der Waals surface area contributed by atoms with Gasteiger partial charge in [0.05, 0.1) is 19.6 Å². The number of esters is 1. The molecule has 0 aromatic carbocycles. The number of nitrogens with zero attached hydrogens (tertiary/aromatic N) is 3. The zero-order valence-electron chi connectivity index (χ0n) is 10.3. The number of imidazole rings is 1. The van der Waals surface area contributed by atoms with Crippen molar-refractivity contribution in [1.82, 2.24) is 14.5 Å². The number of methoxy groups -OCH3 is 1. The van der Waals surface area contributed by atoms with Crippen LogP contribution in [0.5, 0.6) is 0 Å². The lowest BCUT2D eigenvalue weighted by Crippen LogP contribution is -2.29. The van der Waals surface area contributed by atoms with Crippen molar-refractivity contribution < 1.29 is 14.3 Å². The fourth-order valence-electron chi connectivity index (χ4n) is 1.42. The monoisotopic (exact) mass is 239 g/mol. The molecular formula is C11H17N3O3. The van der Waals surface area contributed by atoms with Gasteiger partial charge in [-0.25, -0.2) is 4.98 Å². The first-order chi connectivity index (χ1) is 8.06. The van der Waals surface area contributed by atoms with E-state index in [1.54, 1.807) is 29.9 Å². The van der Waals surface area contributed by atoms with Gasteiger partial charge in [-0.1, -0.05) is 0 Å². The van der Waals surface area contributed by atoms with Gasteiger partial charge >= 0.3 is 5.97 Å². The molecule has 0 aliphatic heterocycles. The second-order valence-corrected chi connectivity index (χ2v) is 3.80. The maximum absolute atomic E-state index is 11.9. The summed E-state index contributed by atoms with van der Waals surface area (Å²) in [7, 11) is 4.82.